The van der Waals surface area contributed by atoms with Gasteiger partial charge in [0, 0.05) is 22.8 Å². The number of thiocarbonyl (C=S) groups is 1. The molecule has 1 aliphatic rings. The molecule has 1 aliphatic heterocycles. The molecule has 1 saturated heterocycles. The summed E-state index contributed by atoms with van der Waals surface area (Å²) in [5, 5.41) is 4.05. The van der Waals surface area contributed by atoms with Crippen LogP contribution in [0, 0.1) is 5.82 Å². The van der Waals surface area contributed by atoms with Crippen molar-refractivity contribution in [3.63, 3.8) is 0 Å². The maximum atomic E-state index is 13.6. The molecule has 3 heterocycles. The van der Waals surface area contributed by atoms with E-state index in [4.69, 9.17) is 21.4 Å². The summed E-state index contributed by atoms with van der Waals surface area (Å²) >= 11 is 9.19. The molecule has 1 fully saturated rings. The number of furan rings is 1. The highest BCUT2D eigenvalue weighted by Gasteiger charge is 2.41. The fourth-order valence-corrected chi connectivity index (χ4v) is 5.01. The number of hydrogen-bond acceptors (Lipinski definition) is 4. The normalized spacial score (nSPS) is 17.6. The van der Waals surface area contributed by atoms with E-state index in [0.29, 0.717) is 21.9 Å². The lowest BCUT2D eigenvalue weighted by Gasteiger charge is -2.26. The molecule has 0 bridgehead atoms. The fraction of sp³-hybridized carbons (Fsp3) is 0.154. The van der Waals surface area contributed by atoms with Crippen LogP contribution in [0.1, 0.15) is 29.1 Å². The summed E-state index contributed by atoms with van der Waals surface area (Å²) in [6, 6.07) is 21.7. The van der Waals surface area contributed by atoms with Gasteiger partial charge >= 0.3 is 0 Å². The highest BCUT2D eigenvalue weighted by molar-refractivity contribution is 9.10. The van der Waals surface area contributed by atoms with E-state index < -0.39 is 0 Å². The Morgan fingerprint density at radius 3 is 2.65 bits per heavy atom. The van der Waals surface area contributed by atoms with Crippen molar-refractivity contribution < 1.29 is 13.5 Å². The number of pyridine rings is 1. The number of benzene rings is 2. The van der Waals surface area contributed by atoms with Crippen LogP contribution >= 0.6 is 28.1 Å². The second-order valence-corrected chi connectivity index (χ2v) is 9.17. The van der Waals surface area contributed by atoms with Gasteiger partial charge in [-0.15, -0.1) is 0 Å². The first kappa shape index (κ1) is 22.6. The van der Waals surface area contributed by atoms with Crippen molar-refractivity contribution in [1.29, 1.82) is 0 Å². The molecule has 2 atom stereocenters. The van der Waals surface area contributed by atoms with Crippen LogP contribution in [0.3, 0.4) is 0 Å². The van der Waals surface area contributed by atoms with Crippen LogP contribution in [0.4, 0.5) is 4.39 Å². The molecule has 1 N–H and O–H groups in total. The van der Waals surface area contributed by atoms with E-state index in [9.17, 15) is 4.39 Å². The molecule has 0 aliphatic carbocycles. The average molecular weight is 538 g/mol. The van der Waals surface area contributed by atoms with Crippen LogP contribution in [0.25, 0.3) is 11.3 Å². The van der Waals surface area contributed by atoms with Gasteiger partial charge in [0.15, 0.2) is 5.11 Å². The van der Waals surface area contributed by atoms with Crippen LogP contribution < -0.4 is 10.1 Å². The van der Waals surface area contributed by atoms with E-state index in [1.807, 2.05) is 54.6 Å². The lowest BCUT2D eigenvalue weighted by molar-refractivity contribution is 0.269. The van der Waals surface area contributed by atoms with E-state index in [-0.39, 0.29) is 17.9 Å². The van der Waals surface area contributed by atoms with Gasteiger partial charge in [-0.05, 0) is 88.3 Å². The summed E-state index contributed by atoms with van der Waals surface area (Å²) in [7, 11) is 1.65. The third-order valence-electron chi connectivity index (χ3n) is 5.82. The van der Waals surface area contributed by atoms with Crippen LogP contribution in [0.15, 0.2) is 87.9 Å². The molecule has 34 heavy (non-hydrogen) atoms. The lowest BCUT2D eigenvalue weighted by atomic mass is 10.0. The lowest BCUT2D eigenvalue weighted by Crippen LogP contribution is -2.29. The number of rotatable bonds is 6. The zero-order valence-electron chi connectivity index (χ0n) is 18.2. The van der Waals surface area contributed by atoms with E-state index in [1.54, 1.807) is 19.4 Å². The molecule has 0 amide bonds. The first-order valence-corrected chi connectivity index (χ1v) is 11.9. The van der Waals surface area contributed by atoms with Crippen LogP contribution in [-0.4, -0.2) is 22.1 Å². The quantitative estimate of drug-likeness (QED) is 0.286. The first-order chi connectivity index (χ1) is 16.5. The Bertz CT molecular complexity index is 1310. The summed E-state index contributed by atoms with van der Waals surface area (Å²) in [5.41, 5.74) is 2.73. The highest BCUT2D eigenvalue weighted by atomic mass is 79.9. The maximum Gasteiger partial charge on any atom is 0.170 e. The molecule has 5 nitrogen and oxygen atoms in total. The molecule has 0 unspecified atom stereocenters. The maximum absolute atomic E-state index is 13.6. The molecule has 0 radical (unpaired) electrons. The van der Waals surface area contributed by atoms with Gasteiger partial charge in [0.25, 0.3) is 0 Å². The van der Waals surface area contributed by atoms with Gasteiger partial charge in [-0.25, -0.2) is 4.39 Å². The van der Waals surface area contributed by atoms with Crippen molar-refractivity contribution >= 4 is 33.3 Å². The molecule has 2 aromatic carbocycles. The molecule has 0 saturated carbocycles. The average Bonchev–Trinajstić information content (AvgIpc) is 3.45. The van der Waals surface area contributed by atoms with Gasteiger partial charge in [0.05, 0.1) is 18.8 Å². The van der Waals surface area contributed by atoms with Crippen LogP contribution in [0.5, 0.6) is 5.75 Å². The monoisotopic (exact) mass is 537 g/mol. The van der Waals surface area contributed by atoms with Crippen LogP contribution in [0.2, 0.25) is 0 Å². The second-order valence-electron chi connectivity index (χ2n) is 7.93. The van der Waals surface area contributed by atoms with Crippen molar-refractivity contribution in [2.75, 3.05) is 7.11 Å². The Kier molecular flexibility index (Phi) is 6.34. The number of nitrogens with one attached hydrogen (secondary N) is 1. The predicted molar refractivity (Wildman–Crippen MR) is 136 cm³/mol. The fourth-order valence-electron chi connectivity index (χ4n) is 4.16. The standard InChI is InChI=1S/C26H21BrFN3O2S/c1-32-18-8-5-16(6-9-18)15-31-25(24(30-26(31)34)21-4-2-3-13-29-21)23-12-11-22(33-23)19-10-7-17(28)14-20(19)27/h2-14,24-25H,15H2,1H3,(H,30,34)/t24-,25-/m1/s1. The Morgan fingerprint density at radius 2 is 1.94 bits per heavy atom. The number of hydrogen-bond donors (Lipinski definition) is 1. The second kappa shape index (κ2) is 9.56. The molecular weight excluding hydrogens is 517 g/mol. The topological polar surface area (TPSA) is 50.5 Å². The minimum atomic E-state index is -0.311. The molecule has 4 aromatic rings. The SMILES string of the molecule is COc1ccc(CN2C(=S)N[C@H](c3ccccn3)[C@H]2c2ccc(-c3ccc(F)cc3Br)o2)cc1. The largest absolute Gasteiger partial charge is 0.497 e. The van der Waals surface area contributed by atoms with Gasteiger partial charge in [0.1, 0.15) is 29.1 Å². The van der Waals surface area contributed by atoms with E-state index in [1.165, 1.54) is 12.1 Å². The van der Waals surface area contributed by atoms with E-state index in [2.05, 4.69) is 31.1 Å². The number of methoxy groups -OCH3 is 1. The molecular formula is C26H21BrFN3O2S. The Morgan fingerprint density at radius 1 is 1.12 bits per heavy atom. The Labute approximate surface area is 210 Å². The Balaban J connectivity index is 1.52. The molecule has 2 aromatic heterocycles. The van der Waals surface area contributed by atoms with Crippen molar-refractivity contribution in [3.05, 3.63) is 106 Å². The third-order valence-corrected chi connectivity index (χ3v) is 6.83. The minimum absolute atomic E-state index is 0.192. The smallest absolute Gasteiger partial charge is 0.170 e. The molecule has 8 heteroatoms. The number of halogens is 2. The van der Waals surface area contributed by atoms with Crippen molar-refractivity contribution in [2.24, 2.45) is 0 Å². The molecule has 5 rings (SSSR count). The van der Waals surface area contributed by atoms with Gasteiger partial charge in [0.2, 0.25) is 0 Å². The van der Waals surface area contributed by atoms with Gasteiger partial charge < -0.3 is 19.4 Å². The highest BCUT2D eigenvalue weighted by Crippen LogP contribution is 2.42. The number of ether oxygens (including phenoxy) is 1. The van der Waals surface area contributed by atoms with Crippen molar-refractivity contribution in [1.82, 2.24) is 15.2 Å². The van der Waals surface area contributed by atoms with Gasteiger partial charge in [-0.2, -0.15) is 0 Å². The third kappa shape index (κ3) is 4.43. The molecule has 172 valence electrons. The summed E-state index contributed by atoms with van der Waals surface area (Å²) < 4.78 is 25.8. The first-order valence-electron chi connectivity index (χ1n) is 10.7. The number of aromatic nitrogens is 1. The zero-order chi connectivity index (χ0) is 23.7. The zero-order valence-corrected chi connectivity index (χ0v) is 20.6. The predicted octanol–water partition coefficient (Wildman–Crippen LogP) is 6.42. The van der Waals surface area contributed by atoms with Crippen molar-refractivity contribution in [2.45, 2.75) is 18.6 Å². The van der Waals surface area contributed by atoms with Gasteiger partial charge in [-0.1, -0.05) is 18.2 Å². The summed E-state index contributed by atoms with van der Waals surface area (Å²) in [6.45, 7) is 0.583. The van der Waals surface area contributed by atoms with E-state index >= 15 is 0 Å². The van der Waals surface area contributed by atoms with Crippen molar-refractivity contribution in [3.8, 4) is 17.1 Å². The van der Waals surface area contributed by atoms with E-state index in [0.717, 1.165) is 28.3 Å². The molecule has 0 spiro atoms. The number of nitrogens with zero attached hydrogens (tertiary/aromatic N) is 2. The van der Waals surface area contributed by atoms with Crippen LogP contribution in [-0.2, 0) is 6.54 Å². The summed E-state index contributed by atoms with van der Waals surface area (Å²) in [6.07, 6.45) is 1.77. The summed E-state index contributed by atoms with van der Waals surface area (Å²) in [5.74, 6) is 1.87. The minimum Gasteiger partial charge on any atom is -0.497 e. The summed E-state index contributed by atoms with van der Waals surface area (Å²) in [4.78, 5) is 6.68. The van der Waals surface area contributed by atoms with Gasteiger partial charge in [-0.3, -0.25) is 4.98 Å². The Hall–Kier alpha value is -3.23.